The fraction of sp³-hybridized carbons (Fsp3) is 0.647. The van der Waals surface area contributed by atoms with Gasteiger partial charge in [-0.05, 0) is 42.4 Å². The maximum absolute atomic E-state index is 13.8. The van der Waals surface area contributed by atoms with Crippen molar-refractivity contribution in [3.8, 4) is 0 Å². The molecule has 1 N–H and O–H groups in total. The summed E-state index contributed by atoms with van der Waals surface area (Å²) in [7, 11) is 0. The molecule has 1 nitrogen and oxygen atoms in total. The number of hydrogen-bond donors (Lipinski definition) is 1. The first-order chi connectivity index (χ1) is 9.38. The van der Waals surface area contributed by atoms with Crippen molar-refractivity contribution in [3.63, 3.8) is 0 Å². The molecule has 112 valence electrons. The molecule has 0 spiro atoms. The smallest absolute Gasteiger partial charge is 0.127 e. The Kier molecular flexibility index (Phi) is 5.09. The van der Waals surface area contributed by atoms with E-state index in [1.165, 1.54) is 31.7 Å². The summed E-state index contributed by atoms with van der Waals surface area (Å²) in [5.41, 5.74) is 0.959. The number of rotatable bonds is 3. The number of nitrogens with one attached hydrogen (secondary N) is 1. The van der Waals surface area contributed by atoms with Crippen LogP contribution in [0.5, 0.6) is 0 Å². The zero-order chi connectivity index (χ0) is 14.8. The molecule has 0 heterocycles. The third-order valence-corrected chi connectivity index (χ3v) is 4.68. The lowest BCUT2D eigenvalue weighted by atomic mass is 9.69. The van der Waals surface area contributed by atoms with Gasteiger partial charge in [-0.25, -0.2) is 4.39 Å². The summed E-state index contributed by atoms with van der Waals surface area (Å²) >= 11 is 5.95. The molecule has 3 heteroatoms. The Morgan fingerprint density at radius 3 is 2.65 bits per heavy atom. The second kappa shape index (κ2) is 6.44. The van der Waals surface area contributed by atoms with E-state index in [1.54, 1.807) is 12.1 Å². The summed E-state index contributed by atoms with van der Waals surface area (Å²) in [5.74, 6) is 0.475. The SMILES string of the molecule is CC(C)(C)C1CCCCC1NCc1cc(Cl)ccc1F. The van der Waals surface area contributed by atoms with Crippen LogP contribution in [0.15, 0.2) is 18.2 Å². The molecule has 0 saturated heterocycles. The first-order valence-electron chi connectivity index (χ1n) is 7.55. The zero-order valence-electron chi connectivity index (χ0n) is 12.7. The minimum atomic E-state index is -0.176. The second-order valence-corrected chi connectivity index (χ2v) is 7.42. The standard InChI is InChI=1S/C17H25ClFN/c1-17(2,3)14-6-4-5-7-16(14)20-11-12-10-13(18)8-9-15(12)19/h8-10,14,16,20H,4-7,11H2,1-3H3. The summed E-state index contributed by atoms with van der Waals surface area (Å²) in [6.45, 7) is 7.47. The van der Waals surface area contributed by atoms with Crippen LogP contribution in [0.1, 0.15) is 52.0 Å². The number of halogens is 2. The molecule has 0 bridgehead atoms. The Balaban J connectivity index is 2.03. The molecule has 0 aliphatic heterocycles. The molecular weight excluding hydrogens is 273 g/mol. The van der Waals surface area contributed by atoms with Gasteiger partial charge in [-0.1, -0.05) is 45.2 Å². The van der Waals surface area contributed by atoms with Crippen LogP contribution in [0.25, 0.3) is 0 Å². The molecule has 1 aromatic rings. The Morgan fingerprint density at radius 2 is 1.95 bits per heavy atom. The van der Waals surface area contributed by atoms with Crippen molar-refractivity contribution >= 4 is 11.6 Å². The van der Waals surface area contributed by atoms with Gasteiger partial charge in [0.05, 0.1) is 0 Å². The molecule has 0 aromatic heterocycles. The van der Waals surface area contributed by atoms with Gasteiger partial charge in [0.25, 0.3) is 0 Å². The molecule has 0 radical (unpaired) electrons. The molecule has 1 aliphatic rings. The third kappa shape index (κ3) is 3.95. The average Bonchev–Trinajstić information content (AvgIpc) is 2.39. The molecule has 2 unspecified atom stereocenters. The highest BCUT2D eigenvalue weighted by Gasteiger charge is 2.33. The molecular formula is C17H25ClFN. The van der Waals surface area contributed by atoms with E-state index in [0.717, 1.165) is 0 Å². The molecule has 2 atom stereocenters. The van der Waals surface area contributed by atoms with Crippen LogP contribution in [0.4, 0.5) is 4.39 Å². The van der Waals surface area contributed by atoms with Crippen LogP contribution in [0.3, 0.4) is 0 Å². The van der Waals surface area contributed by atoms with Gasteiger partial charge in [0, 0.05) is 23.2 Å². The molecule has 2 rings (SSSR count). The Hall–Kier alpha value is -0.600. The molecule has 1 aliphatic carbocycles. The van der Waals surface area contributed by atoms with Crippen molar-refractivity contribution in [3.05, 3.63) is 34.6 Å². The normalized spacial score (nSPS) is 23.9. The summed E-state index contributed by atoms with van der Waals surface area (Å²) in [6.07, 6.45) is 5.03. The lowest BCUT2D eigenvalue weighted by Gasteiger charge is -2.41. The minimum absolute atomic E-state index is 0.176. The summed E-state index contributed by atoms with van der Waals surface area (Å²) in [4.78, 5) is 0. The third-order valence-electron chi connectivity index (χ3n) is 4.44. The molecule has 0 amide bonds. The van der Waals surface area contributed by atoms with E-state index in [1.807, 2.05) is 0 Å². The van der Waals surface area contributed by atoms with Crippen LogP contribution in [0.2, 0.25) is 5.02 Å². The Labute approximate surface area is 126 Å². The Morgan fingerprint density at radius 1 is 1.25 bits per heavy atom. The van der Waals surface area contributed by atoms with E-state index < -0.39 is 0 Å². The number of hydrogen-bond acceptors (Lipinski definition) is 1. The van der Waals surface area contributed by atoms with Gasteiger partial charge in [-0.3, -0.25) is 0 Å². The van der Waals surface area contributed by atoms with Gasteiger partial charge in [0.1, 0.15) is 5.82 Å². The summed E-state index contributed by atoms with van der Waals surface area (Å²) in [5, 5.41) is 4.16. The van der Waals surface area contributed by atoms with E-state index in [9.17, 15) is 4.39 Å². The lowest BCUT2D eigenvalue weighted by Crippen LogP contribution is -2.44. The van der Waals surface area contributed by atoms with Crippen molar-refractivity contribution in [2.75, 3.05) is 0 Å². The van der Waals surface area contributed by atoms with Gasteiger partial charge in [0.2, 0.25) is 0 Å². The first kappa shape index (κ1) is 15.8. The van der Waals surface area contributed by atoms with E-state index >= 15 is 0 Å². The quantitative estimate of drug-likeness (QED) is 0.811. The predicted octanol–water partition coefficient (Wildman–Crippen LogP) is 5.17. The summed E-state index contributed by atoms with van der Waals surface area (Å²) < 4.78 is 13.8. The van der Waals surface area contributed by atoms with Gasteiger partial charge in [0.15, 0.2) is 0 Å². The maximum atomic E-state index is 13.8. The first-order valence-corrected chi connectivity index (χ1v) is 7.93. The highest BCUT2D eigenvalue weighted by Crippen LogP contribution is 2.38. The van der Waals surface area contributed by atoms with Crippen molar-refractivity contribution in [2.24, 2.45) is 11.3 Å². The molecule has 1 saturated carbocycles. The van der Waals surface area contributed by atoms with E-state index in [2.05, 4.69) is 26.1 Å². The van der Waals surface area contributed by atoms with Crippen molar-refractivity contribution in [1.29, 1.82) is 0 Å². The predicted molar refractivity (Wildman–Crippen MR) is 83.5 cm³/mol. The van der Waals surface area contributed by atoms with Crippen LogP contribution in [-0.2, 0) is 6.54 Å². The van der Waals surface area contributed by atoms with E-state index in [4.69, 9.17) is 11.6 Å². The largest absolute Gasteiger partial charge is 0.310 e. The van der Waals surface area contributed by atoms with Crippen LogP contribution >= 0.6 is 11.6 Å². The van der Waals surface area contributed by atoms with Gasteiger partial charge >= 0.3 is 0 Å². The fourth-order valence-corrected chi connectivity index (χ4v) is 3.53. The lowest BCUT2D eigenvalue weighted by molar-refractivity contribution is 0.130. The molecule has 20 heavy (non-hydrogen) atoms. The monoisotopic (exact) mass is 297 g/mol. The van der Waals surface area contributed by atoms with Crippen LogP contribution in [-0.4, -0.2) is 6.04 Å². The maximum Gasteiger partial charge on any atom is 0.127 e. The number of benzene rings is 1. The highest BCUT2D eigenvalue weighted by molar-refractivity contribution is 6.30. The fourth-order valence-electron chi connectivity index (χ4n) is 3.33. The minimum Gasteiger partial charge on any atom is -0.310 e. The molecule has 1 aromatic carbocycles. The van der Waals surface area contributed by atoms with E-state index in [0.29, 0.717) is 34.5 Å². The van der Waals surface area contributed by atoms with Gasteiger partial charge in [-0.2, -0.15) is 0 Å². The highest BCUT2D eigenvalue weighted by atomic mass is 35.5. The topological polar surface area (TPSA) is 12.0 Å². The summed E-state index contributed by atoms with van der Waals surface area (Å²) in [6, 6.07) is 5.24. The van der Waals surface area contributed by atoms with Crippen molar-refractivity contribution in [2.45, 2.75) is 59.0 Å². The second-order valence-electron chi connectivity index (χ2n) is 6.98. The Bertz CT molecular complexity index is 453. The van der Waals surface area contributed by atoms with Crippen LogP contribution < -0.4 is 5.32 Å². The van der Waals surface area contributed by atoms with Gasteiger partial charge < -0.3 is 5.32 Å². The van der Waals surface area contributed by atoms with Crippen molar-refractivity contribution < 1.29 is 4.39 Å². The van der Waals surface area contributed by atoms with E-state index in [-0.39, 0.29) is 5.82 Å². The zero-order valence-corrected chi connectivity index (χ0v) is 13.4. The molecule has 1 fully saturated rings. The van der Waals surface area contributed by atoms with Crippen LogP contribution in [0, 0.1) is 17.2 Å². The van der Waals surface area contributed by atoms with Gasteiger partial charge in [-0.15, -0.1) is 0 Å². The van der Waals surface area contributed by atoms with Crippen molar-refractivity contribution in [1.82, 2.24) is 5.32 Å². The average molecular weight is 298 g/mol.